The Morgan fingerprint density at radius 1 is 1.20 bits per heavy atom. The first-order chi connectivity index (χ1) is 9.50. The molecule has 0 aliphatic rings. The van der Waals surface area contributed by atoms with Crippen LogP contribution in [0.1, 0.15) is 26.7 Å². The minimum absolute atomic E-state index is 0.279. The molecule has 1 rings (SSSR count). The molecule has 3 N–H and O–H groups in total. The largest absolute Gasteiger partial charge is 0.367 e. The Bertz CT molecular complexity index is 496. The van der Waals surface area contributed by atoms with E-state index in [1.165, 1.54) is 7.05 Å². The van der Waals surface area contributed by atoms with Crippen LogP contribution in [0, 0.1) is 0 Å². The van der Waals surface area contributed by atoms with Gasteiger partial charge in [-0.25, -0.2) is 13.1 Å². The summed E-state index contributed by atoms with van der Waals surface area (Å²) in [6.45, 7) is 5.65. The van der Waals surface area contributed by atoms with Crippen LogP contribution in [0.15, 0.2) is 29.2 Å². The summed E-state index contributed by atoms with van der Waals surface area (Å²) in [7, 11) is -1.97. The van der Waals surface area contributed by atoms with Gasteiger partial charge in [0, 0.05) is 24.8 Å². The maximum Gasteiger partial charge on any atom is 0.240 e. The van der Waals surface area contributed by atoms with Gasteiger partial charge in [0.25, 0.3) is 0 Å². The van der Waals surface area contributed by atoms with Gasteiger partial charge in [-0.2, -0.15) is 0 Å². The summed E-state index contributed by atoms with van der Waals surface area (Å²) in [5.74, 6) is 0. The Labute approximate surface area is 122 Å². The molecule has 1 aromatic carbocycles. The SMILES string of the molecule is CCC(CC)N(CCN)c1ccc(S(=O)(=O)NC)cc1. The van der Waals surface area contributed by atoms with Gasteiger partial charge in [-0.1, -0.05) is 13.8 Å². The van der Waals surface area contributed by atoms with Crippen molar-refractivity contribution in [2.24, 2.45) is 5.73 Å². The zero-order valence-corrected chi connectivity index (χ0v) is 13.3. The molecule has 0 bridgehead atoms. The highest BCUT2D eigenvalue weighted by atomic mass is 32.2. The summed E-state index contributed by atoms with van der Waals surface area (Å²) in [4.78, 5) is 2.52. The van der Waals surface area contributed by atoms with Gasteiger partial charge in [0.15, 0.2) is 0 Å². The minimum atomic E-state index is -3.38. The predicted octanol–water partition coefficient (Wildman–Crippen LogP) is 1.55. The molecular weight excluding hydrogens is 274 g/mol. The van der Waals surface area contributed by atoms with Crippen molar-refractivity contribution in [3.63, 3.8) is 0 Å². The van der Waals surface area contributed by atoms with Crippen molar-refractivity contribution in [2.75, 3.05) is 25.0 Å². The van der Waals surface area contributed by atoms with Gasteiger partial charge in [0.05, 0.1) is 4.90 Å². The van der Waals surface area contributed by atoms with E-state index in [9.17, 15) is 8.42 Å². The number of anilines is 1. The fourth-order valence-electron chi connectivity index (χ4n) is 2.33. The highest BCUT2D eigenvalue weighted by molar-refractivity contribution is 7.89. The third kappa shape index (κ3) is 3.94. The van der Waals surface area contributed by atoms with Crippen LogP contribution in [0.25, 0.3) is 0 Å². The standard InChI is InChI=1S/C14H25N3O2S/c1-4-12(5-2)17(11-10-15)13-6-8-14(9-7-13)20(18,19)16-3/h6-9,12,16H,4-5,10-11,15H2,1-3H3. The molecule has 5 nitrogen and oxygen atoms in total. The first-order valence-corrected chi connectivity index (χ1v) is 8.48. The van der Waals surface area contributed by atoms with Crippen molar-refractivity contribution >= 4 is 15.7 Å². The van der Waals surface area contributed by atoms with Crippen LogP contribution in [0.4, 0.5) is 5.69 Å². The number of sulfonamides is 1. The summed E-state index contributed by atoms with van der Waals surface area (Å²) >= 11 is 0. The van der Waals surface area contributed by atoms with Gasteiger partial charge in [-0.3, -0.25) is 0 Å². The lowest BCUT2D eigenvalue weighted by atomic mass is 10.1. The Balaban J connectivity index is 3.05. The molecule has 20 heavy (non-hydrogen) atoms. The van der Waals surface area contributed by atoms with Gasteiger partial charge in [-0.15, -0.1) is 0 Å². The molecule has 0 aliphatic heterocycles. The highest BCUT2D eigenvalue weighted by Crippen LogP contribution is 2.22. The van der Waals surface area contributed by atoms with E-state index < -0.39 is 10.0 Å². The monoisotopic (exact) mass is 299 g/mol. The quantitative estimate of drug-likeness (QED) is 0.763. The van der Waals surface area contributed by atoms with Gasteiger partial charge >= 0.3 is 0 Å². The Hall–Kier alpha value is -1.11. The molecule has 0 aromatic heterocycles. The summed E-state index contributed by atoms with van der Waals surface area (Å²) in [6.07, 6.45) is 2.07. The lowest BCUT2D eigenvalue weighted by molar-refractivity contribution is 0.559. The molecule has 0 saturated heterocycles. The molecule has 0 unspecified atom stereocenters. The van der Waals surface area contributed by atoms with Crippen molar-refractivity contribution in [3.05, 3.63) is 24.3 Å². The second-order valence-electron chi connectivity index (χ2n) is 4.65. The lowest BCUT2D eigenvalue weighted by Crippen LogP contribution is -2.38. The number of rotatable bonds is 8. The number of hydrogen-bond donors (Lipinski definition) is 2. The number of nitrogens with zero attached hydrogens (tertiary/aromatic N) is 1. The minimum Gasteiger partial charge on any atom is -0.367 e. The highest BCUT2D eigenvalue weighted by Gasteiger charge is 2.16. The first-order valence-electron chi connectivity index (χ1n) is 7.00. The zero-order valence-electron chi connectivity index (χ0n) is 12.5. The molecule has 0 radical (unpaired) electrons. The fraction of sp³-hybridized carbons (Fsp3) is 0.571. The third-order valence-electron chi connectivity index (χ3n) is 3.50. The van der Waals surface area contributed by atoms with E-state index in [2.05, 4.69) is 23.5 Å². The van der Waals surface area contributed by atoms with Gasteiger partial charge in [0.2, 0.25) is 10.0 Å². The van der Waals surface area contributed by atoms with Crippen LogP contribution in [0.5, 0.6) is 0 Å². The predicted molar refractivity (Wildman–Crippen MR) is 83.5 cm³/mol. The molecule has 0 amide bonds. The average molecular weight is 299 g/mol. The smallest absolute Gasteiger partial charge is 0.240 e. The zero-order chi connectivity index (χ0) is 15.2. The molecular formula is C14H25N3O2S. The summed E-state index contributed by atoms with van der Waals surface area (Å²) in [5, 5.41) is 0. The van der Waals surface area contributed by atoms with Crippen molar-refractivity contribution in [1.82, 2.24) is 4.72 Å². The maximum absolute atomic E-state index is 11.7. The van der Waals surface area contributed by atoms with E-state index in [1.807, 2.05) is 12.1 Å². The van der Waals surface area contributed by atoms with E-state index in [0.29, 0.717) is 12.6 Å². The van der Waals surface area contributed by atoms with Gasteiger partial charge in [-0.05, 0) is 44.2 Å². The topological polar surface area (TPSA) is 75.4 Å². The lowest BCUT2D eigenvalue weighted by Gasteiger charge is -2.32. The van der Waals surface area contributed by atoms with Crippen molar-refractivity contribution < 1.29 is 8.42 Å². The van der Waals surface area contributed by atoms with E-state index >= 15 is 0 Å². The van der Waals surface area contributed by atoms with Crippen LogP contribution in [-0.2, 0) is 10.0 Å². The Kier molecular flexibility index (Phi) is 6.45. The molecule has 0 heterocycles. The van der Waals surface area contributed by atoms with E-state index in [0.717, 1.165) is 25.1 Å². The van der Waals surface area contributed by atoms with Crippen molar-refractivity contribution in [2.45, 2.75) is 37.6 Å². The number of nitrogens with two attached hydrogens (primary N) is 1. The second-order valence-corrected chi connectivity index (χ2v) is 6.54. The third-order valence-corrected chi connectivity index (χ3v) is 4.93. The molecule has 6 heteroatoms. The van der Waals surface area contributed by atoms with Crippen LogP contribution in [0.3, 0.4) is 0 Å². The number of nitrogens with one attached hydrogen (secondary N) is 1. The van der Waals surface area contributed by atoms with Crippen molar-refractivity contribution in [3.8, 4) is 0 Å². The Morgan fingerprint density at radius 3 is 2.15 bits per heavy atom. The van der Waals surface area contributed by atoms with Crippen LogP contribution >= 0.6 is 0 Å². The average Bonchev–Trinajstić information content (AvgIpc) is 2.47. The van der Waals surface area contributed by atoms with Crippen LogP contribution < -0.4 is 15.4 Å². The number of hydrogen-bond acceptors (Lipinski definition) is 4. The van der Waals surface area contributed by atoms with Crippen LogP contribution in [0.2, 0.25) is 0 Å². The first kappa shape index (κ1) is 16.9. The molecule has 114 valence electrons. The molecule has 0 spiro atoms. The Morgan fingerprint density at radius 2 is 1.75 bits per heavy atom. The van der Waals surface area contributed by atoms with Gasteiger partial charge in [0.1, 0.15) is 0 Å². The van der Waals surface area contributed by atoms with E-state index in [1.54, 1.807) is 12.1 Å². The van der Waals surface area contributed by atoms with E-state index in [-0.39, 0.29) is 4.90 Å². The molecule has 1 aromatic rings. The van der Waals surface area contributed by atoms with Crippen molar-refractivity contribution in [1.29, 1.82) is 0 Å². The maximum atomic E-state index is 11.7. The van der Waals surface area contributed by atoms with Gasteiger partial charge < -0.3 is 10.6 Å². The van der Waals surface area contributed by atoms with Crippen LogP contribution in [-0.4, -0.2) is 34.6 Å². The summed E-state index contributed by atoms with van der Waals surface area (Å²) < 4.78 is 25.7. The normalized spacial score (nSPS) is 11.8. The molecule has 0 fully saturated rings. The fourth-order valence-corrected chi connectivity index (χ4v) is 3.06. The summed E-state index contributed by atoms with van der Waals surface area (Å²) in [6, 6.07) is 7.38. The molecule has 0 aliphatic carbocycles. The van der Waals surface area contributed by atoms with E-state index in [4.69, 9.17) is 5.73 Å². The second kappa shape index (κ2) is 7.61. The number of benzene rings is 1. The summed E-state index contributed by atoms with van der Waals surface area (Å²) in [5.41, 5.74) is 6.70. The molecule has 0 saturated carbocycles. The molecule has 0 atom stereocenters.